The quantitative estimate of drug-likeness (QED) is 0.825. The molecular formula is C13H15IN2O2. The van der Waals surface area contributed by atoms with Crippen LogP contribution in [0.25, 0.3) is 10.9 Å². The number of H-pyrrole nitrogens is 1. The first-order chi connectivity index (χ1) is 8.61. The minimum atomic E-state index is 0.00185. The molecule has 0 bridgehead atoms. The average Bonchev–Trinajstić information content (AvgIpc) is 2.72. The molecule has 96 valence electrons. The van der Waals surface area contributed by atoms with Crippen LogP contribution in [0.5, 0.6) is 5.75 Å². The molecule has 2 N–H and O–H groups in total. The van der Waals surface area contributed by atoms with Gasteiger partial charge in [-0.1, -0.05) is 0 Å². The minimum absolute atomic E-state index is 0.00185. The molecule has 0 spiro atoms. The van der Waals surface area contributed by atoms with Gasteiger partial charge in [0.1, 0.15) is 5.75 Å². The number of benzene rings is 1. The summed E-state index contributed by atoms with van der Waals surface area (Å²) in [7, 11) is 1.67. The van der Waals surface area contributed by atoms with Crippen LogP contribution in [0.4, 0.5) is 0 Å². The number of carbonyl (C=O) groups is 1. The summed E-state index contributed by atoms with van der Waals surface area (Å²) in [5.74, 6) is 0.856. The zero-order valence-electron chi connectivity index (χ0n) is 10.3. The van der Waals surface area contributed by atoms with E-state index in [-0.39, 0.29) is 5.91 Å². The first-order valence-corrected chi connectivity index (χ1v) is 6.77. The molecule has 0 radical (unpaired) electrons. The molecule has 1 amide bonds. The van der Waals surface area contributed by atoms with Crippen molar-refractivity contribution in [3.8, 4) is 5.75 Å². The number of aromatic nitrogens is 1. The van der Waals surface area contributed by atoms with Gasteiger partial charge in [0.05, 0.1) is 12.6 Å². The second-order valence-corrected chi connectivity index (χ2v) is 5.24. The van der Waals surface area contributed by atoms with Crippen LogP contribution in [-0.2, 0) is 11.2 Å². The third kappa shape index (κ3) is 2.77. The third-order valence-corrected chi connectivity index (χ3v) is 3.66. The number of hydrogen-bond acceptors (Lipinski definition) is 2. The summed E-state index contributed by atoms with van der Waals surface area (Å²) in [4.78, 5) is 14.1. The molecule has 0 saturated heterocycles. The highest BCUT2D eigenvalue weighted by atomic mass is 127. The molecule has 18 heavy (non-hydrogen) atoms. The molecule has 0 fully saturated rings. The van der Waals surface area contributed by atoms with Gasteiger partial charge >= 0.3 is 0 Å². The van der Waals surface area contributed by atoms with Gasteiger partial charge in [0.25, 0.3) is 0 Å². The molecule has 2 rings (SSSR count). The maximum Gasteiger partial charge on any atom is 0.216 e. The Morgan fingerprint density at radius 1 is 1.50 bits per heavy atom. The number of halogens is 1. The first-order valence-electron chi connectivity index (χ1n) is 5.69. The number of hydrogen-bond donors (Lipinski definition) is 2. The first kappa shape index (κ1) is 13.2. The van der Waals surface area contributed by atoms with E-state index >= 15 is 0 Å². The van der Waals surface area contributed by atoms with E-state index in [4.69, 9.17) is 4.74 Å². The minimum Gasteiger partial charge on any atom is -0.497 e. The lowest BCUT2D eigenvalue weighted by Crippen LogP contribution is -2.22. The van der Waals surface area contributed by atoms with E-state index in [1.54, 1.807) is 7.11 Å². The molecule has 0 atom stereocenters. The number of aromatic amines is 1. The van der Waals surface area contributed by atoms with Crippen molar-refractivity contribution >= 4 is 39.4 Å². The fourth-order valence-corrected chi connectivity index (χ4v) is 2.67. The lowest BCUT2D eigenvalue weighted by atomic mass is 10.1. The maximum absolute atomic E-state index is 10.9. The largest absolute Gasteiger partial charge is 0.497 e. The van der Waals surface area contributed by atoms with Crippen LogP contribution in [0, 0.1) is 3.57 Å². The second-order valence-electron chi connectivity index (χ2n) is 4.08. The summed E-state index contributed by atoms with van der Waals surface area (Å²) in [6.45, 7) is 2.18. The van der Waals surface area contributed by atoms with E-state index in [1.807, 2.05) is 18.3 Å². The van der Waals surface area contributed by atoms with E-state index in [0.717, 1.165) is 26.6 Å². The van der Waals surface area contributed by atoms with Gasteiger partial charge in [0.2, 0.25) is 5.91 Å². The van der Waals surface area contributed by atoms with E-state index in [0.29, 0.717) is 6.54 Å². The number of rotatable bonds is 4. The van der Waals surface area contributed by atoms with Crippen LogP contribution in [0.2, 0.25) is 0 Å². The topological polar surface area (TPSA) is 54.1 Å². The lowest BCUT2D eigenvalue weighted by molar-refractivity contribution is -0.118. The van der Waals surface area contributed by atoms with Crippen molar-refractivity contribution in [3.63, 3.8) is 0 Å². The number of nitrogens with one attached hydrogen (secondary N) is 2. The van der Waals surface area contributed by atoms with Crippen molar-refractivity contribution in [2.24, 2.45) is 0 Å². The van der Waals surface area contributed by atoms with E-state index in [9.17, 15) is 4.79 Å². The normalized spacial score (nSPS) is 10.6. The van der Waals surface area contributed by atoms with E-state index < -0.39 is 0 Å². The Labute approximate surface area is 119 Å². The predicted octanol–water partition coefficient (Wildman–Crippen LogP) is 2.46. The molecule has 0 aliphatic carbocycles. The van der Waals surface area contributed by atoms with E-state index in [1.165, 1.54) is 12.5 Å². The SMILES string of the molecule is COc1cc(I)c2[nH]cc(CCNC(C)=O)c2c1. The Hall–Kier alpha value is -1.24. The highest BCUT2D eigenvalue weighted by Crippen LogP contribution is 2.28. The number of ether oxygens (including phenoxy) is 1. The fraction of sp³-hybridized carbons (Fsp3) is 0.308. The highest BCUT2D eigenvalue weighted by molar-refractivity contribution is 14.1. The van der Waals surface area contributed by atoms with Gasteiger partial charge in [-0.05, 0) is 46.7 Å². The molecule has 0 aliphatic heterocycles. The Bertz CT molecular complexity index is 578. The summed E-state index contributed by atoms with van der Waals surface area (Å²) >= 11 is 2.29. The smallest absolute Gasteiger partial charge is 0.216 e. The van der Waals surface area contributed by atoms with Crippen LogP contribution in [0.15, 0.2) is 18.3 Å². The zero-order valence-corrected chi connectivity index (χ0v) is 12.5. The summed E-state index contributed by atoms with van der Waals surface area (Å²) in [5, 5.41) is 3.96. The second kappa shape index (κ2) is 5.60. The van der Waals surface area contributed by atoms with Crippen molar-refractivity contribution in [1.82, 2.24) is 10.3 Å². The lowest BCUT2D eigenvalue weighted by Gasteiger charge is -2.04. The molecular weight excluding hydrogens is 343 g/mol. The third-order valence-electron chi connectivity index (χ3n) is 2.80. The van der Waals surface area contributed by atoms with E-state index in [2.05, 4.69) is 32.9 Å². The van der Waals surface area contributed by atoms with Crippen molar-refractivity contribution < 1.29 is 9.53 Å². The van der Waals surface area contributed by atoms with Gasteiger partial charge in [-0.3, -0.25) is 4.79 Å². The zero-order chi connectivity index (χ0) is 13.1. The average molecular weight is 358 g/mol. The molecule has 1 heterocycles. The molecule has 4 nitrogen and oxygen atoms in total. The standard InChI is InChI=1S/C13H15IN2O2/c1-8(17)15-4-3-9-7-16-13-11(9)5-10(18-2)6-12(13)14/h5-7,16H,3-4H2,1-2H3,(H,15,17). The molecule has 0 saturated carbocycles. The van der Waals surface area contributed by atoms with Gasteiger partial charge in [0, 0.05) is 28.6 Å². The Kier molecular flexibility index (Phi) is 4.11. The van der Waals surface area contributed by atoms with Crippen LogP contribution in [0.1, 0.15) is 12.5 Å². The van der Waals surface area contributed by atoms with Crippen LogP contribution < -0.4 is 10.1 Å². The van der Waals surface area contributed by atoms with Crippen molar-refractivity contribution in [2.75, 3.05) is 13.7 Å². The summed E-state index contributed by atoms with van der Waals surface area (Å²) < 4.78 is 6.41. The number of carbonyl (C=O) groups excluding carboxylic acids is 1. The number of fused-ring (bicyclic) bond motifs is 1. The van der Waals surface area contributed by atoms with Crippen molar-refractivity contribution in [3.05, 3.63) is 27.5 Å². The number of amides is 1. The van der Waals surface area contributed by atoms with Gasteiger partial charge in [0.15, 0.2) is 0 Å². The Morgan fingerprint density at radius 3 is 2.94 bits per heavy atom. The molecule has 1 aromatic carbocycles. The molecule has 2 aromatic rings. The molecule has 5 heteroatoms. The van der Waals surface area contributed by atoms with Crippen LogP contribution in [-0.4, -0.2) is 24.5 Å². The summed E-state index contributed by atoms with van der Waals surface area (Å²) in [5.41, 5.74) is 2.31. The maximum atomic E-state index is 10.9. The van der Waals surface area contributed by atoms with Gasteiger partial charge in [-0.2, -0.15) is 0 Å². The Balaban J connectivity index is 2.28. The van der Waals surface area contributed by atoms with Crippen LogP contribution >= 0.6 is 22.6 Å². The monoisotopic (exact) mass is 358 g/mol. The van der Waals surface area contributed by atoms with Gasteiger partial charge in [-0.15, -0.1) is 0 Å². The molecule has 0 unspecified atom stereocenters. The summed E-state index contributed by atoms with van der Waals surface area (Å²) in [6, 6.07) is 4.02. The fourth-order valence-electron chi connectivity index (χ4n) is 1.92. The van der Waals surface area contributed by atoms with Crippen molar-refractivity contribution in [2.45, 2.75) is 13.3 Å². The summed E-state index contributed by atoms with van der Waals surface area (Å²) in [6.07, 6.45) is 2.80. The van der Waals surface area contributed by atoms with Gasteiger partial charge in [-0.25, -0.2) is 0 Å². The number of methoxy groups -OCH3 is 1. The highest BCUT2D eigenvalue weighted by Gasteiger charge is 2.08. The van der Waals surface area contributed by atoms with Gasteiger partial charge < -0.3 is 15.0 Å². The molecule has 1 aromatic heterocycles. The van der Waals surface area contributed by atoms with Crippen molar-refractivity contribution in [1.29, 1.82) is 0 Å². The molecule has 0 aliphatic rings. The Morgan fingerprint density at radius 2 is 2.28 bits per heavy atom. The predicted molar refractivity (Wildman–Crippen MR) is 80.0 cm³/mol. The van der Waals surface area contributed by atoms with Crippen LogP contribution in [0.3, 0.4) is 0 Å².